The molecule has 0 saturated carbocycles. The van der Waals surface area contributed by atoms with E-state index in [2.05, 4.69) is 14.7 Å². The van der Waals surface area contributed by atoms with Crippen molar-refractivity contribution in [2.75, 3.05) is 6.61 Å². The average Bonchev–Trinajstić information content (AvgIpc) is 2.12. The Morgan fingerprint density at radius 1 is 1.36 bits per heavy atom. The first kappa shape index (κ1) is 12.3. The van der Waals surface area contributed by atoms with Crippen molar-refractivity contribution in [3.63, 3.8) is 0 Å². The van der Waals surface area contributed by atoms with Crippen LogP contribution in [0.3, 0.4) is 0 Å². The van der Waals surface area contributed by atoms with E-state index in [9.17, 15) is 9.59 Å². The maximum atomic E-state index is 10.7. The highest BCUT2D eigenvalue weighted by molar-refractivity contribution is 6.37. The Bertz CT molecular complexity index is 268. The lowest BCUT2D eigenvalue weighted by Crippen LogP contribution is -2.04. The van der Waals surface area contributed by atoms with Gasteiger partial charge in [-0.15, -0.1) is 0 Å². The summed E-state index contributed by atoms with van der Waals surface area (Å²) in [6.45, 7) is 4.89. The zero-order valence-electron chi connectivity index (χ0n) is 8.44. The Morgan fingerprint density at radius 2 is 2.00 bits per heavy atom. The number of ether oxygens (including phenoxy) is 1. The van der Waals surface area contributed by atoms with E-state index in [1.54, 1.807) is 6.92 Å². The van der Waals surface area contributed by atoms with Gasteiger partial charge in [-0.05, 0) is 13.8 Å². The van der Waals surface area contributed by atoms with Gasteiger partial charge < -0.3 is 9.57 Å². The molecule has 0 fully saturated rings. The number of rotatable bonds is 5. The van der Waals surface area contributed by atoms with Crippen molar-refractivity contribution >= 4 is 17.5 Å². The van der Waals surface area contributed by atoms with Crippen LogP contribution in [0.15, 0.2) is 17.5 Å². The summed E-state index contributed by atoms with van der Waals surface area (Å²) in [5.74, 6) is -0.697. The highest BCUT2D eigenvalue weighted by Crippen LogP contribution is 1.86. The van der Waals surface area contributed by atoms with Gasteiger partial charge in [0, 0.05) is 6.92 Å². The summed E-state index contributed by atoms with van der Waals surface area (Å²) in [6.07, 6.45) is 2.14. The molecule has 0 aromatic carbocycles. The number of hydrogen-bond donors (Lipinski definition) is 0. The molecule has 78 valence electrons. The second-order valence-electron chi connectivity index (χ2n) is 2.39. The lowest BCUT2D eigenvalue weighted by atomic mass is 10.3. The standard InChI is InChI=1S/C9H13NO4/c1-4-13-9(12)5-6-14-10-7(2)8(3)11/h5-6H,4H2,1-3H3/b6-5+,10-7+. The topological polar surface area (TPSA) is 65.0 Å². The molecule has 5 nitrogen and oxygen atoms in total. The van der Waals surface area contributed by atoms with E-state index in [4.69, 9.17) is 0 Å². The Hall–Kier alpha value is -1.65. The normalized spacial score (nSPS) is 11.5. The third kappa shape index (κ3) is 5.93. The third-order valence-electron chi connectivity index (χ3n) is 1.25. The smallest absolute Gasteiger partial charge is 0.333 e. The molecule has 0 aliphatic carbocycles. The maximum absolute atomic E-state index is 10.7. The Balaban J connectivity index is 3.89. The summed E-state index contributed by atoms with van der Waals surface area (Å²) < 4.78 is 4.58. The van der Waals surface area contributed by atoms with E-state index in [0.29, 0.717) is 6.61 Å². The van der Waals surface area contributed by atoms with Crippen LogP contribution >= 0.6 is 0 Å². The maximum Gasteiger partial charge on any atom is 0.333 e. The predicted octanol–water partition coefficient (Wildman–Crippen LogP) is 1.04. The van der Waals surface area contributed by atoms with Gasteiger partial charge in [0.25, 0.3) is 0 Å². The van der Waals surface area contributed by atoms with Gasteiger partial charge in [-0.2, -0.15) is 0 Å². The van der Waals surface area contributed by atoms with Crippen molar-refractivity contribution < 1.29 is 19.2 Å². The minimum absolute atomic E-state index is 0.186. The van der Waals surface area contributed by atoms with Crippen LogP contribution in [0.5, 0.6) is 0 Å². The summed E-state index contributed by atoms with van der Waals surface area (Å²) in [5.41, 5.74) is 0.235. The van der Waals surface area contributed by atoms with Crippen molar-refractivity contribution in [3.05, 3.63) is 12.3 Å². The molecule has 5 heteroatoms. The molecular weight excluding hydrogens is 186 g/mol. The average molecular weight is 199 g/mol. The second-order valence-corrected chi connectivity index (χ2v) is 2.39. The molecule has 0 radical (unpaired) electrons. The number of Topliss-reactive ketones (excluding diaryl/α,β-unsaturated/α-hetero) is 1. The highest BCUT2D eigenvalue weighted by atomic mass is 16.6. The van der Waals surface area contributed by atoms with Crippen molar-refractivity contribution in [2.24, 2.45) is 5.16 Å². The SMILES string of the molecule is CCOC(=O)/C=C/O/N=C(\C)C(C)=O. The number of carbonyl (C=O) groups is 2. The van der Waals surface area contributed by atoms with Gasteiger partial charge in [0.15, 0.2) is 5.78 Å². The molecule has 0 unspecified atom stereocenters. The van der Waals surface area contributed by atoms with Crippen LogP contribution in [-0.2, 0) is 19.2 Å². The molecule has 0 atom stereocenters. The molecule has 0 rings (SSSR count). The molecule has 0 aromatic rings. The minimum atomic E-state index is -0.511. The molecule has 14 heavy (non-hydrogen) atoms. The van der Waals surface area contributed by atoms with Crippen molar-refractivity contribution in [2.45, 2.75) is 20.8 Å². The van der Waals surface area contributed by atoms with E-state index in [1.165, 1.54) is 13.8 Å². The summed E-state index contributed by atoms with van der Waals surface area (Å²) in [7, 11) is 0. The van der Waals surface area contributed by atoms with Gasteiger partial charge in [0.05, 0.1) is 12.7 Å². The summed E-state index contributed by atoms with van der Waals surface area (Å²) >= 11 is 0. The molecular formula is C9H13NO4. The summed E-state index contributed by atoms with van der Waals surface area (Å²) in [5, 5.41) is 3.43. The Morgan fingerprint density at radius 3 is 2.50 bits per heavy atom. The zero-order valence-corrected chi connectivity index (χ0v) is 8.44. The number of ketones is 1. The number of hydrogen-bond acceptors (Lipinski definition) is 5. The van der Waals surface area contributed by atoms with Crippen molar-refractivity contribution in [3.8, 4) is 0 Å². The van der Waals surface area contributed by atoms with Crippen molar-refractivity contribution in [1.29, 1.82) is 0 Å². The molecule has 0 aromatic heterocycles. The first-order chi connectivity index (χ1) is 6.57. The molecule has 0 heterocycles. The fourth-order valence-electron chi connectivity index (χ4n) is 0.450. The van der Waals surface area contributed by atoms with Crippen LogP contribution in [0.25, 0.3) is 0 Å². The van der Waals surface area contributed by atoms with E-state index < -0.39 is 5.97 Å². The number of nitrogens with zero attached hydrogens (tertiary/aromatic N) is 1. The molecule has 0 amide bonds. The van der Waals surface area contributed by atoms with E-state index in [0.717, 1.165) is 12.3 Å². The Kier molecular flexibility index (Phi) is 6.02. The number of oxime groups is 1. The van der Waals surface area contributed by atoms with Gasteiger partial charge in [0.1, 0.15) is 12.0 Å². The molecule has 0 N–H and O–H groups in total. The fraction of sp³-hybridized carbons (Fsp3) is 0.444. The highest BCUT2D eigenvalue weighted by Gasteiger charge is 1.97. The first-order valence-corrected chi connectivity index (χ1v) is 4.12. The summed E-state index contributed by atoms with van der Waals surface area (Å²) in [4.78, 5) is 25.9. The van der Waals surface area contributed by atoms with Gasteiger partial charge in [-0.1, -0.05) is 5.16 Å². The van der Waals surface area contributed by atoms with Crippen LogP contribution in [0.4, 0.5) is 0 Å². The molecule has 0 aliphatic rings. The molecule has 0 spiro atoms. The number of esters is 1. The van der Waals surface area contributed by atoms with E-state index >= 15 is 0 Å². The van der Waals surface area contributed by atoms with Gasteiger partial charge in [-0.25, -0.2) is 4.79 Å². The lowest BCUT2D eigenvalue weighted by Gasteiger charge is -1.94. The third-order valence-corrected chi connectivity index (χ3v) is 1.25. The van der Waals surface area contributed by atoms with Crippen LogP contribution < -0.4 is 0 Å². The van der Waals surface area contributed by atoms with E-state index in [-0.39, 0.29) is 11.5 Å². The zero-order chi connectivity index (χ0) is 11.0. The monoisotopic (exact) mass is 199 g/mol. The van der Waals surface area contributed by atoms with Crippen LogP contribution in [-0.4, -0.2) is 24.1 Å². The predicted molar refractivity (Wildman–Crippen MR) is 50.6 cm³/mol. The van der Waals surface area contributed by atoms with Crippen molar-refractivity contribution in [1.82, 2.24) is 0 Å². The lowest BCUT2D eigenvalue weighted by molar-refractivity contribution is -0.137. The molecule has 0 bridgehead atoms. The fourth-order valence-corrected chi connectivity index (χ4v) is 0.450. The quantitative estimate of drug-likeness (QED) is 0.218. The Labute approximate surface area is 82.4 Å². The summed E-state index contributed by atoms with van der Waals surface area (Å²) in [6, 6.07) is 0. The first-order valence-electron chi connectivity index (χ1n) is 4.12. The van der Waals surface area contributed by atoms with Crippen LogP contribution in [0.2, 0.25) is 0 Å². The van der Waals surface area contributed by atoms with Crippen LogP contribution in [0, 0.1) is 0 Å². The molecule has 0 aliphatic heterocycles. The largest absolute Gasteiger partial charge is 0.463 e. The molecule has 0 saturated heterocycles. The van der Waals surface area contributed by atoms with Gasteiger partial charge in [0.2, 0.25) is 0 Å². The number of carbonyl (C=O) groups excluding carboxylic acids is 2. The van der Waals surface area contributed by atoms with Gasteiger partial charge >= 0.3 is 5.97 Å². The van der Waals surface area contributed by atoms with E-state index in [1.807, 2.05) is 0 Å². The minimum Gasteiger partial charge on any atom is -0.463 e. The van der Waals surface area contributed by atoms with Crippen LogP contribution in [0.1, 0.15) is 20.8 Å². The second kappa shape index (κ2) is 6.82. The van der Waals surface area contributed by atoms with Gasteiger partial charge in [-0.3, -0.25) is 4.79 Å².